The van der Waals surface area contributed by atoms with E-state index in [9.17, 15) is 19.5 Å². The molecule has 1 amide bonds. The van der Waals surface area contributed by atoms with E-state index in [-0.39, 0.29) is 29.7 Å². The number of fused-ring (bicyclic) bond motifs is 1. The maximum absolute atomic E-state index is 12.7. The molecular formula is C17H18N2O4. The van der Waals surface area contributed by atoms with Gasteiger partial charge in [0.2, 0.25) is 0 Å². The molecule has 0 aliphatic carbocycles. The van der Waals surface area contributed by atoms with E-state index in [4.69, 9.17) is 0 Å². The van der Waals surface area contributed by atoms with Crippen LogP contribution < -0.4 is 5.56 Å². The molecule has 2 aromatic rings. The molecule has 1 saturated heterocycles. The maximum Gasteiger partial charge on any atom is 0.308 e. The smallest absolute Gasteiger partial charge is 0.308 e. The Hall–Kier alpha value is -2.63. The van der Waals surface area contributed by atoms with Crippen molar-refractivity contribution < 1.29 is 14.7 Å². The summed E-state index contributed by atoms with van der Waals surface area (Å²) in [5.74, 6) is -1.77. The van der Waals surface area contributed by atoms with E-state index in [2.05, 4.69) is 4.98 Å². The molecule has 3 rings (SSSR count). The van der Waals surface area contributed by atoms with Gasteiger partial charge in [0.05, 0.1) is 5.92 Å². The van der Waals surface area contributed by atoms with Gasteiger partial charge in [-0.25, -0.2) is 0 Å². The number of nitrogens with zero attached hydrogens (tertiary/aromatic N) is 1. The van der Waals surface area contributed by atoms with Gasteiger partial charge in [-0.2, -0.15) is 0 Å². The first kappa shape index (κ1) is 15.3. The average molecular weight is 314 g/mol. The largest absolute Gasteiger partial charge is 0.481 e. The van der Waals surface area contributed by atoms with Crippen LogP contribution in [0.1, 0.15) is 30.3 Å². The number of H-pyrrole nitrogens is 1. The molecule has 2 N–H and O–H groups in total. The summed E-state index contributed by atoms with van der Waals surface area (Å²) in [7, 11) is 0. The molecule has 2 unspecified atom stereocenters. The van der Waals surface area contributed by atoms with E-state index in [1.807, 2.05) is 6.92 Å². The summed E-state index contributed by atoms with van der Waals surface area (Å²) in [4.78, 5) is 40.2. The lowest BCUT2D eigenvalue weighted by atomic mass is 9.93. The molecule has 0 spiro atoms. The number of aromatic nitrogens is 1. The van der Waals surface area contributed by atoms with Crippen LogP contribution in [0.3, 0.4) is 0 Å². The molecule has 1 aliphatic heterocycles. The number of carbonyl (C=O) groups excluding carboxylic acids is 1. The van der Waals surface area contributed by atoms with Crippen molar-refractivity contribution in [2.75, 3.05) is 6.54 Å². The Morgan fingerprint density at radius 2 is 2.00 bits per heavy atom. The predicted molar refractivity (Wildman–Crippen MR) is 85.4 cm³/mol. The van der Waals surface area contributed by atoms with Crippen molar-refractivity contribution in [2.24, 2.45) is 5.92 Å². The van der Waals surface area contributed by atoms with Gasteiger partial charge in [-0.1, -0.05) is 18.2 Å². The summed E-state index contributed by atoms with van der Waals surface area (Å²) < 4.78 is 0. The van der Waals surface area contributed by atoms with Gasteiger partial charge in [-0.05, 0) is 37.3 Å². The number of carboxylic acids is 1. The summed E-state index contributed by atoms with van der Waals surface area (Å²) in [5, 5.41) is 10.4. The molecule has 6 heteroatoms. The van der Waals surface area contributed by atoms with Crippen LogP contribution in [0.5, 0.6) is 0 Å². The zero-order valence-corrected chi connectivity index (χ0v) is 12.8. The summed E-state index contributed by atoms with van der Waals surface area (Å²) in [5.41, 5.74) is -0.113. The zero-order chi connectivity index (χ0) is 16.6. The predicted octanol–water partition coefficient (Wildman–Crippen LogP) is 1.85. The number of amides is 1. The van der Waals surface area contributed by atoms with Gasteiger partial charge in [0.15, 0.2) is 0 Å². The van der Waals surface area contributed by atoms with Gasteiger partial charge in [0, 0.05) is 18.0 Å². The Morgan fingerprint density at radius 3 is 2.74 bits per heavy atom. The van der Waals surface area contributed by atoms with E-state index in [1.165, 1.54) is 0 Å². The summed E-state index contributed by atoms with van der Waals surface area (Å²) in [6, 6.07) is 8.65. The van der Waals surface area contributed by atoms with Crippen LogP contribution >= 0.6 is 0 Å². The van der Waals surface area contributed by atoms with Crippen LogP contribution in [-0.2, 0) is 4.79 Å². The number of nitrogens with one attached hydrogen (secondary N) is 1. The minimum atomic E-state index is -0.887. The van der Waals surface area contributed by atoms with Crippen LogP contribution in [0.25, 0.3) is 10.8 Å². The lowest BCUT2D eigenvalue weighted by Gasteiger charge is -2.36. The molecule has 6 nitrogen and oxygen atoms in total. The summed E-state index contributed by atoms with van der Waals surface area (Å²) in [6.45, 7) is 2.07. The van der Waals surface area contributed by atoms with Gasteiger partial charge in [-0.3, -0.25) is 14.4 Å². The number of benzene rings is 1. The standard InChI is InChI=1S/C17H18N2O4/c1-10-6-7-12(17(22)23)9-19(10)16(21)14-8-11-4-2-3-5-13(11)15(20)18-14/h2-5,8,10,12H,6-7,9H2,1H3,(H,18,20)(H,22,23). The average Bonchev–Trinajstić information content (AvgIpc) is 2.54. The Morgan fingerprint density at radius 1 is 1.26 bits per heavy atom. The molecule has 1 aliphatic rings. The number of pyridine rings is 1. The van der Waals surface area contributed by atoms with Crippen molar-refractivity contribution in [1.82, 2.24) is 9.88 Å². The van der Waals surface area contributed by atoms with Gasteiger partial charge in [0.1, 0.15) is 5.69 Å². The minimum Gasteiger partial charge on any atom is -0.481 e. The normalized spacial score (nSPS) is 21.3. The molecule has 2 atom stereocenters. The third-order valence-corrected chi connectivity index (χ3v) is 4.48. The van der Waals surface area contributed by atoms with Crippen molar-refractivity contribution in [3.63, 3.8) is 0 Å². The number of carbonyl (C=O) groups is 2. The highest BCUT2D eigenvalue weighted by Gasteiger charge is 2.33. The SMILES string of the molecule is CC1CCC(C(=O)O)CN1C(=O)c1cc2ccccc2c(=O)[nH]1. The van der Waals surface area contributed by atoms with E-state index >= 15 is 0 Å². The van der Waals surface area contributed by atoms with Crippen molar-refractivity contribution in [2.45, 2.75) is 25.8 Å². The van der Waals surface area contributed by atoms with Gasteiger partial charge in [-0.15, -0.1) is 0 Å². The zero-order valence-electron chi connectivity index (χ0n) is 12.8. The molecule has 0 bridgehead atoms. The fourth-order valence-corrected chi connectivity index (χ4v) is 3.07. The second-order valence-corrected chi connectivity index (χ2v) is 6.02. The number of rotatable bonds is 2. The number of hydrogen-bond acceptors (Lipinski definition) is 3. The first-order valence-electron chi connectivity index (χ1n) is 7.63. The number of hydrogen-bond donors (Lipinski definition) is 2. The third kappa shape index (κ3) is 2.84. The Labute approximate surface area is 132 Å². The highest BCUT2D eigenvalue weighted by atomic mass is 16.4. The van der Waals surface area contributed by atoms with E-state index < -0.39 is 11.9 Å². The molecule has 1 aromatic heterocycles. The highest BCUT2D eigenvalue weighted by molar-refractivity contribution is 5.96. The topological polar surface area (TPSA) is 90.5 Å². The lowest BCUT2D eigenvalue weighted by Crippen LogP contribution is -2.47. The Bertz CT molecular complexity index is 827. The fraction of sp³-hybridized carbons (Fsp3) is 0.353. The van der Waals surface area contributed by atoms with Gasteiger partial charge >= 0.3 is 5.97 Å². The third-order valence-electron chi connectivity index (χ3n) is 4.48. The van der Waals surface area contributed by atoms with Crippen LogP contribution in [0, 0.1) is 5.92 Å². The maximum atomic E-state index is 12.7. The Balaban J connectivity index is 1.96. The number of likely N-dealkylation sites (tertiary alicyclic amines) is 1. The molecule has 0 saturated carbocycles. The van der Waals surface area contributed by atoms with Crippen LogP contribution in [0.15, 0.2) is 35.1 Å². The molecule has 2 heterocycles. The fourth-order valence-electron chi connectivity index (χ4n) is 3.07. The van der Waals surface area contributed by atoms with Gasteiger partial charge in [0.25, 0.3) is 11.5 Å². The first-order chi connectivity index (χ1) is 11.0. The van der Waals surface area contributed by atoms with E-state index in [0.717, 1.165) is 0 Å². The van der Waals surface area contributed by atoms with E-state index in [1.54, 1.807) is 35.2 Å². The second kappa shape index (κ2) is 5.87. The number of piperidine rings is 1. The van der Waals surface area contributed by atoms with E-state index in [0.29, 0.717) is 23.6 Å². The lowest BCUT2D eigenvalue weighted by molar-refractivity contribution is -0.143. The quantitative estimate of drug-likeness (QED) is 0.885. The molecular weight excluding hydrogens is 296 g/mol. The monoisotopic (exact) mass is 314 g/mol. The molecule has 120 valence electrons. The van der Waals surface area contributed by atoms with Crippen molar-refractivity contribution in [3.05, 3.63) is 46.4 Å². The summed E-state index contributed by atoms with van der Waals surface area (Å²) in [6.07, 6.45) is 1.20. The van der Waals surface area contributed by atoms with Crippen molar-refractivity contribution in [1.29, 1.82) is 0 Å². The number of aliphatic carboxylic acids is 1. The van der Waals surface area contributed by atoms with Crippen LogP contribution in [-0.4, -0.2) is 39.5 Å². The molecule has 0 radical (unpaired) electrons. The number of aromatic amines is 1. The summed E-state index contributed by atoms with van der Waals surface area (Å²) >= 11 is 0. The molecule has 1 fully saturated rings. The van der Waals surface area contributed by atoms with Crippen LogP contribution in [0.4, 0.5) is 0 Å². The van der Waals surface area contributed by atoms with Crippen molar-refractivity contribution in [3.8, 4) is 0 Å². The van der Waals surface area contributed by atoms with Gasteiger partial charge < -0.3 is 15.0 Å². The number of carboxylic acid groups (broad SMARTS) is 1. The second-order valence-electron chi connectivity index (χ2n) is 6.02. The van der Waals surface area contributed by atoms with Crippen molar-refractivity contribution >= 4 is 22.6 Å². The molecule has 23 heavy (non-hydrogen) atoms. The minimum absolute atomic E-state index is 0.0481. The first-order valence-corrected chi connectivity index (χ1v) is 7.63. The van der Waals surface area contributed by atoms with Crippen LogP contribution in [0.2, 0.25) is 0 Å². The Kier molecular flexibility index (Phi) is 3.90. The molecule has 1 aromatic carbocycles. The highest BCUT2D eigenvalue weighted by Crippen LogP contribution is 2.24.